The van der Waals surface area contributed by atoms with Crippen LogP contribution in [0.1, 0.15) is 26.2 Å². The Labute approximate surface area is 79.6 Å². The van der Waals surface area contributed by atoms with Crippen molar-refractivity contribution in [3.8, 4) is 0 Å². The van der Waals surface area contributed by atoms with Crippen molar-refractivity contribution in [2.45, 2.75) is 26.2 Å². The molecule has 0 atom stereocenters. The van der Waals surface area contributed by atoms with Gasteiger partial charge in [-0.3, -0.25) is 0 Å². The Balaban J connectivity index is 3.31. The standard InChI is InChI=1S/C11H16O2/c1-3-5-6-7-8-9-10-13-11(12)4-2/h3-5,9-10H,2,6-8H2,1H3. The average Bonchev–Trinajstić information content (AvgIpc) is 2.16. The van der Waals surface area contributed by atoms with Crippen molar-refractivity contribution in [3.63, 3.8) is 0 Å². The van der Waals surface area contributed by atoms with Gasteiger partial charge in [0, 0.05) is 6.08 Å². The molecule has 0 amide bonds. The van der Waals surface area contributed by atoms with Gasteiger partial charge in [0.15, 0.2) is 0 Å². The molecule has 0 bridgehead atoms. The SMILES string of the molecule is C=CC(=O)OC=CCCCC=CC. The fourth-order valence-electron chi connectivity index (χ4n) is 0.752. The van der Waals surface area contributed by atoms with E-state index in [2.05, 4.69) is 17.4 Å². The van der Waals surface area contributed by atoms with Crippen LogP contribution < -0.4 is 0 Å². The smallest absolute Gasteiger partial charge is 0.334 e. The molecule has 0 unspecified atom stereocenters. The zero-order valence-corrected chi connectivity index (χ0v) is 8.03. The van der Waals surface area contributed by atoms with Crippen molar-refractivity contribution in [2.24, 2.45) is 0 Å². The summed E-state index contributed by atoms with van der Waals surface area (Å²) in [6, 6.07) is 0. The Bertz CT molecular complexity index is 202. The number of carbonyl (C=O) groups excluding carboxylic acids is 1. The van der Waals surface area contributed by atoms with Crippen molar-refractivity contribution in [1.29, 1.82) is 0 Å². The first-order chi connectivity index (χ1) is 6.31. The van der Waals surface area contributed by atoms with Gasteiger partial charge in [-0.2, -0.15) is 0 Å². The van der Waals surface area contributed by atoms with Gasteiger partial charge in [-0.25, -0.2) is 4.79 Å². The molecule has 0 fully saturated rings. The van der Waals surface area contributed by atoms with Gasteiger partial charge in [0.1, 0.15) is 0 Å². The Morgan fingerprint density at radius 2 is 2.08 bits per heavy atom. The summed E-state index contributed by atoms with van der Waals surface area (Å²) in [4.78, 5) is 10.5. The molecule has 0 aromatic rings. The molecule has 0 aliphatic rings. The number of esters is 1. The van der Waals surface area contributed by atoms with Crippen molar-refractivity contribution < 1.29 is 9.53 Å². The van der Waals surface area contributed by atoms with E-state index < -0.39 is 5.97 Å². The maximum atomic E-state index is 10.5. The van der Waals surface area contributed by atoms with E-state index in [4.69, 9.17) is 0 Å². The third kappa shape index (κ3) is 8.60. The maximum absolute atomic E-state index is 10.5. The Kier molecular flexibility index (Phi) is 7.90. The number of unbranched alkanes of at least 4 members (excludes halogenated alkanes) is 2. The number of hydrogen-bond acceptors (Lipinski definition) is 2. The molecule has 0 aromatic carbocycles. The number of allylic oxidation sites excluding steroid dienone is 3. The van der Waals surface area contributed by atoms with Gasteiger partial charge >= 0.3 is 5.97 Å². The van der Waals surface area contributed by atoms with Crippen LogP contribution in [0.2, 0.25) is 0 Å². The summed E-state index contributed by atoms with van der Waals surface area (Å²) in [5.41, 5.74) is 0. The van der Waals surface area contributed by atoms with Gasteiger partial charge in [-0.15, -0.1) is 0 Å². The largest absolute Gasteiger partial charge is 0.432 e. The summed E-state index contributed by atoms with van der Waals surface area (Å²) in [7, 11) is 0. The third-order valence-corrected chi connectivity index (χ3v) is 1.42. The van der Waals surface area contributed by atoms with Crippen molar-refractivity contribution >= 4 is 5.97 Å². The molecule has 0 heterocycles. The molecule has 0 aliphatic heterocycles. The second kappa shape index (κ2) is 8.78. The molecule has 0 saturated carbocycles. The molecule has 0 aliphatic carbocycles. The highest BCUT2D eigenvalue weighted by Crippen LogP contribution is 1.97. The summed E-state index contributed by atoms with van der Waals surface area (Å²) in [6.45, 7) is 5.28. The summed E-state index contributed by atoms with van der Waals surface area (Å²) in [6.07, 6.45) is 11.6. The molecule has 0 spiro atoms. The monoisotopic (exact) mass is 180 g/mol. The number of rotatable bonds is 6. The fourth-order valence-corrected chi connectivity index (χ4v) is 0.752. The Hall–Kier alpha value is -1.31. The van der Waals surface area contributed by atoms with Crippen LogP contribution in [0.15, 0.2) is 37.1 Å². The van der Waals surface area contributed by atoms with E-state index >= 15 is 0 Å². The lowest BCUT2D eigenvalue weighted by Crippen LogP contribution is -1.91. The Morgan fingerprint density at radius 3 is 2.69 bits per heavy atom. The lowest BCUT2D eigenvalue weighted by atomic mass is 10.2. The topological polar surface area (TPSA) is 26.3 Å². The minimum Gasteiger partial charge on any atom is -0.432 e. The summed E-state index contributed by atoms with van der Waals surface area (Å²) >= 11 is 0. The third-order valence-electron chi connectivity index (χ3n) is 1.42. The van der Waals surface area contributed by atoms with E-state index in [9.17, 15) is 4.79 Å². The van der Waals surface area contributed by atoms with E-state index in [1.54, 1.807) is 0 Å². The summed E-state index contributed by atoms with van der Waals surface area (Å²) in [5.74, 6) is -0.412. The average molecular weight is 180 g/mol. The van der Waals surface area contributed by atoms with E-state index in [-0.39, 0.29) is 0 Å². The van der Waals surface area contributed by atoms with Crippen molar-refractivity contribution in [3.05, 3.63) is 37.1 Å². The van der Waals surface area contributed by atoms with Crippen LogP contribution >= 0.6 is 0 Å². The maximum Gasteiger partial charge on any atom is 0.334 e. The van der Waals surface area contributed by atoms with Crippen LogP contribution in [0.3, 0.4) is 0 Å². The first-order valence-electron chi connectivity index (χ1n) is 4.40. The second-order valence-corrected chi connectivity index (χ2v) is 2.51. The molecular formula is C11H16O2. The molecular weight excluding hydrogens is 164 g/mol. The molecule has 0 N–H and O–H groups in total. The molecule has 2 nitrogen and oxygen atoms in total. The van der Waals surface area contributed by atoms with Gasteiger partial charge in [0.2, 0.25) is 0 Å². The van der Waals surface area contributed by atoms with Crippen LogP contribution in [0.5, 0.6) is 0 Å². The molecule has 13 heavy (non-hydrogen) atoms. The zero-order chi connectivity index (χ0) is 9.94. The van der Waals surface area contributed by atoms with Crippen molar-refractivity contribution in [2.75, 3.05) is 0 Å². The minimum atomic E-state index is -0.412. The predicted molar refractivity (Wildman–Crippen MR) is 54.1 cm³/mol. The first kappa shape index (κ1) is 11.7. The van der Waals surface area contributed by atoms with E-state index in [1.165, 1.54) is 6.26 Å². The van der Waals surface area contributed by atoms with Gasteiger partial charge < -0.3 is 4.74 Å². The highest BCUT2D eigenvalue weighted by atomic mass is 16.5. The van der Waals surface area contributed by atoms with E-state index in [1.807, 2.05) is 19.1 Å². The van der Waals surface area contributed by atoms with Crippen LogP contribution in [-0.2, 0) is 9.53 Å². The van der Waals surface area contributed by atoms with Crippen LogP contribution in [0.4, 0.5) is 0 Å². The highest BCUT2D eigenvalue weighted by Gasteiger charge is 1.87. The van der Waals surface area contributed by atoms with Crippen LogP contribution in [0.25, 0.3) is 0 Å². The normalized spacial score (nSPS) is 10.8. The van der Waals surface area contributed by atoms with E-state index in [0.29, 0.717) is 0 Å². The molecule has 0 radical (unpaired) electrons. The van der Waals surface area contributed by atoms with Gasteiger partial charge in [0.05, 0.1) is 6.26 Å². The second-order valence-electron chi connectivity index (χ2n) is 2.51. The fraction of sp³-hybridized carbons (Fsp3) is 0.364. The first-order valence-corrected chi connectivity index (χ1v) is 4.40. The van der Waals surface area contributed by atoms with Gasteiger partial charge in [-0.1, -0.05) is 18.7 Å². The molecule has 0 saturated heterocycles. The molecule has 0 rings (SSSR count). The lowest BCUT2D eigenvalue weighted by Gasteiger charge is -1.91. The number of hydrogen-bond donors (Lipinski definition) is 0. The zero-order valence-electron chi connectivity index (χ0n) is 8.03. The molecule has 2 heteroatoms. The Morgan fingerprint density at radius 1 is 1.38 bits per heavy atom. The lowest BCUT2D eigenvalue weighted by molar-refractivity contribution is -0.132. The van der Waals surface area contributed by atoms with Gasteiger partial charge in [0.25, 0.3) is 0 Å². The molecule has 0 aromatic heterocycles. The number of ether oxygens (including phenoxy) is 1. The van der Waals surface area contributed by atoms with Gasteiger partial charge in [-0.05, 0) is 32.3 Å². The summed E-state index contributed by atoms with van der Waals surface area (Å²) < 4.78 is 4.64. The summed E-state index contributed by atoms with van der Waals surface area (Å²) in [5, 5.41) is 0. The van der Waals surface area contributed by atoms with E-state index in [0.717, 1.165) is 25.3 Å². The predicted octanol–water partition coefficient (Wildman–Crippen LogP) is 2.98. The van der Waals surface area contributed by atoms with Crippen LogP contribution in [0, 0.1) is 0 Å². The number of carbonyl (C=O) groups is 1. The minimum absolute atomic E-state index is 0.412. The van der Waals surface area contributed by atoms with Crippen LogP contribution in [-0.4, -0.2) is 5.97 Å². The molecule has 72 valence electrons. The highest BCUT2D eigenvalue weighted by molar-refractivity contribution is 5.81. The van der Waals surface area contributed by atoms with Crippen molar-refractivity contribution in [1.82, 2.24) is 0 Å². The quantitative estimate of drug-likeness (QED) is 0.206.